The molecule has 204 valence electrons. The zero-order valence-corrected chi connectivity index (χ0v) is 22.1. The number of anilines is 1. The number of amides is 1. The average Bonchev–Trinajstić information content (AvgIpc) is 3.70. The van der Waals surface area contributed by atoms with Crippen LogP contribution >= 0.6 is 0 Å². The molecule has 0 bridgehead atoms. The van der Waals surface area contributed by atoms with Crippen molar-refractivity contribution in [2.24, 2.45) is 21.6 Å². The van der Waals surface area contributed by atoms with Crippen LogP contribution in [-0.4, -0.2) is 103 Å². The maximum absolute atomic E-state index is 12.2. The van der Waals surface area contributed by atoms with Gasteiger partial charge in [-0.05, 0) is 38.5 Å². The van der Waals surface area contributed by atoms with Crippen LogP contribution in [-0.2, 0) is 20.8 Å². The van der Waals surface area contributed by atoms with Gasteiger partial charge in [0, 0.05) is 63.8 Å². The molecule has 11 heteroatoms. The predicted octanol–water partition coefficient (Wildman–Crippen LogP) is 1.64. The van der Waals surface area contributed by atoms with Crippen molar-refractivity contribution in [1.82, 2.24) is 19.6 Å². The Balaban J connectivity index is 1.32. The normalized spacial score (nSPS) is 20.6. The lowest BCUT2D eigenvalue weighted by Gasteiger charge is -2.26. The minimum atomic E-state index is 0.154. The number of aromatic nitrogens is 2. The number of nitrogens with one attached hydrogen (secondary N) is 1. The van der Waals surface area contributed by atoms with E-state index >= 15 is 0 Å². The zero-order chi connectivity index (χ0) is 25.9. The molecular weight excluding hydrogens is 472 g/mol. The molecule has 4 rings (SSSR count). The quantitative estimate of drug-likeness (QED) is 0.247. The first-order chi connectivity index (χ1) is 18.1. The topological polar surface area (TPSA) is 123 Å². The van der Waals surface area contributed by atoms with E-state index in [-0.39, 0.29) is 5.91 Å². The predicted molar refractivity (Wildman–Crippen MR) is 145 cm³/mol. The number of hydrogen-bond acceptors (Lipinski definition) is 7. The first kappa shape index (κ1) is 27.3. The number of amidine groups is 1. The third kappa shape index (κ3) is 8.65. The Labute approximate surface area is 219 Å². The van der Waals surface area contributed by atoms with Gasteiger partial charge in [0.05, 0.1) is 50.6 Å². The fourth-order valence-electron chi connectivity index (χ4n) is 4.65. The molecule has 1 saturated carbocycles. The number of carbonyl (C=O) groups excluding carboxylic acids is 1. The number of morpholine rings is 1. The molecule has 11 nitrogen and oxygen atoms in total. The van der Waals surface area contributed by atoms with Crippen LogP contribution < -0.4 is 11.1 Å². The summed E-state index contributed by atoms with van der Waals surface area (Å²) in [6.45, 7) is 10.7. The van der Waals surface area contributed by atoms with Crippen LogP contribution in [0.2, 0.25) is 0 Å². The second-order valence-corrected chi connectivity index (χ2v) is 9.80. The third-order valence-corrected chi connectivity index (χ3v) is 6.93. The fourth-order valence-corrected chi connectivity index (χ4v) is 4.65. The zero-order valence-electron chi connectivity index (χ0n) is 22.1. The molecule has 3 fully saturated rings. The van der Waals surface area contributed by atoms with Gasteiger partial charge < -0.3 is 25.4 Å². The van der Waals surface area contributed by atoms with Gasteiger partial charge in [-0.1, -0.05) is 0 Å². The van der Waals surface area contributed by atoms with Gasteiger partial charge in [-0.15, -0.1) is 0 Å². The lowest BCUT2D eigenvalue weighted by molar-refractivity contribution is -0.130. The van der Waals surface area contributed by atoms with Crippen LogP contribution in [0.4, 0.5) is 5.69 Å². The summed E-state index contributed by atoms with van der Waals surface area (Å²) in [6.07, 6.45) is 9.92. The Kier molecular flexibility index (Phi) is 10.5. The lowest BCUT2D eigenvalue weighted by atomic mass is 10.1. The van der Waals surface area contributed by atoms with Crippen molar-refractivity contribution in [3.05, 3.63) is 23.7 Å². The molecule has 3 heterocycles. The van der Waals surface area contributed by atoms with E-state index < -0.39 is 0 Å². The van der Waals surface area contributed by atoms with Crippen molar-refractivity contribution in [3.63, 3.8) is 0 Å². The van der Waals surface area contributed by atoms with E-state index in [1.807, 2.05) is 22.7 Å². The van der Waals surface area contributed by atoms with E-state index in [4.69, 9.17) is 25.3 Å². The Morgan fingerprint density at radius 2 is 1.92 bits per heavy atom. The van der Waals surface area contributed by atoms with Gasteiger partial charge in [-0.25, -0.2) is 4.99 Å². The summed E-state index contributed by atoms with van der Waals surface area (Å²) >= 11 is 0. The number of nitrogens with two attached hydrogens (primary N) is 1. The molecule has 0 spiro atoms. The Morgan fingerprint density at radius 1 is 1.14 bits per heavy atom. The number of carbonyl (C=O) groups is 1. The van der Waals surface area contributed by atoms with E-state index in [2.05, 4.69) is 21.4 Å². The molecule has 2 aliphatic heterocycles. The van der Waals surface area contributed by atoms with Crippen molar-refractivity contribution in [2.75, 3.05) is 71.0 Å². The molecule has 0 radical (unpaired) electrons. The second kappa shape index (κ2) is 14.3. The van der Waals surface area contributed by atoms with Gasteiger partial charge >= 0.3 is 0 Å². The van der Waals surface area contributed by atoms with E-state index in [0.717, 1.165) is 82.0 Å². The largest absolute Gasteiger partial charge is 0.390 e. The van der Waals surface area contributed by atoms with Crippen molar-refractivity contribution in [2.45, 2.75) is 45.6 Å². The van der Waals surface area contributed by atoms with E-state index in [1.165, 1.54) is 6.34 Å². The third-order valence-electron chi connectivity index (χ3n) is 6.93. The molecule has 0 atom stereocenters. The monoisotopic (exact) mass is 514 g/mol. The number of aliphatic imine (C=N–C) groups is 2. The minimum Gasteiger partial charge on any atom is -0.390 e. The Bertz CT molecular complexity index is 963. The SMILES string of the molecule is Cc1nn(CCCN2CCOCC2)cc1NC=C(C(N=CN)=NCCCN1CCOCCC1=O)C1CC1. The van der Waals surface area contributed by atoms with Crippen LogP contribution in [0, 0.1) is 12.8 Å². The maximum atomic E-state index is 12.2. The summed E-state index contributed by atoms with van der Waals surface area (Å²) < 4.78 is 12.9. The molecule has 2 saturated heterocycles. The molecular formula is C26H42N8O3. The molecule has 1 aromatic heterocycles. The summed E-state index contributed by atoms with van der Waals surface area (Å²) in [6, 6.07) is 0. The second-order valence-electron chi connectivity index (χ2n) is 9.80. The molecule has 3 N–H and O–H groups in total. The van der Waals surface area contributed by atoms with Gasteiger partial charge in [0.2, 0.25) is 5.91 Å². The van der Waals surface area contributed by atoms with Crippen molar-refractivity contribution >= 4 is 23.8 Å². The van der Waals surface area contributed by atoms with Crippen LogP contribution in [0.15, 0.2) is 28.0 Å². The summed E-state index contributed by atoms with van der Waals surface area (Å²) in [7, 11) is 0. The highest BCUT2D eigenvalue weighted by atomic mass is 16.5. The first-order valence-electron chi connectivity index (χ1n) is 13.6. The Hall–Kier alpha value is -2.76. The van der Waals surface area contributed by atoms with Crippen LogP contribution in [0.25, 0.3) is 0 Å². The van der Waals surface area contributed by atoms with Crippen molar-refractivity contribution in [1.29, 1.82) is 0 Å². The average molecular weight is 515 g/mol. The standard InChI is InChI=1S/C26H42N8O3/c1-21-24(19-34(31-21)10-3-8-32-11-15-37-16-12-32)29-18-23(22-4-5-22)26(30-20-27)28-7-2-9-33-13-17-36-14-6-25(33)35/h18-20,22,29H,2-17H2,1H3,(H2,27,28,30). The van der Waals surface area contributed by atoms with Gasteiger partial charge in [-0.2, -0.15) is 5.10 Å². The summed E-state index contributed by atoms with van der Waals surface area (Å²) in [5.74, 6) is 1.25. The van der Waals surface area contributed by atoms with Gasteiger partial charge in [0.1, 0.15) is 0 Å². The Morgan fingerprint density at radius 3 is 2.70 bits per heavy atom. The fraction of sp³-hybridized carbons (Fsp3) is 0.692. The molecule has 1 aliphatic carbocycles. The minimum absolute atomic E-state index is 0.154. The van der Waals surface area contributed by atoms with Crippen molar-refractivity contribution < 1.29 is 14.3 Å². The number of ether oxygens (including phenoxy) is 2. The highest BCUT2D eigenvalue weighted by Crippen LogP contribution is 2.37. The molecule has 0 unspecified atom stereocenters. The first-order valence-corrected chi connectivity index (χ1v) is 13.6. The van der Waals surface area contributed by atoms with Crippen LogP contribution in [0.3, 0.4) is 0 Å². The molecule has 1 aromatic rings. The lowest BCUT2D eigenvalue weighted by Crippen LogP contribution is -2.37. The summed E-state index contributed by atoms with van der Waals surface area (Å²) in [5, 5.41) is 8.15. The number of nitrogens with zero attached hydrogens (tertiary/aromatic N) is 6. The smallest absolute Gasteiger partial charge is 0.224 e. The molecule has 37 heavy (non-hydrogen) atoms. The number of aryl methyl sites for hydroxylation is 2. The van der Waals surface area contributed by atoms with E-state index in [1.54, 1.807) is 0 Å². The van der Waals surface area contributed by atoms with E-state index in [0.29, 0.717) is 51.0 Å². The molecule has 0 aromatic carbocycles. The highest BCUT2D eigenvalue weighted by molar-refractivity contribution is 6.03. The van der Waals surface area contributed by atoms with Crippen LogP contribution in [0.5, 0.6) is 0 Å². The number of rotatable bonds is 12. The maximum Gasteiger partial charge on any atom is 0.224 e. The molecule has 1 amide bonds. The van der Waals surface area contributed by atoms with Crippen molar-refractivity contribution in [3.8, 4) is 0 Å². The van der Waals surface area contributed by atoms with Crippen LogP contribution in [0.1, 0.15) is 37.8 Å². The summed E-state index contributed by atoms with van der Waals surface area (Å²) in [5.41, 5.74) is 8.69. The number of hydrogen-bond donors (Lipinski definition) is 2. The molecule has 3 aliphatic rings. The van der Waals surface area contributed by atoms with Gasteiger partial charge in [-0.3, -0.25) is 19.4 Å². The van der Waals surface area contributed by atoms with Gasteiger partial charge in [0.15, 0.2) is 5.84 Å². The van der Waals surface area contributed by atoms with E-state index in [9.17, 15) is 4.79 Å². The van der Waals surface area contributed by atoms with Gasteiger partial charge in [0.25, 0.3) is 0 Å². The summed E-state index contributed by atoms with van der Waals surface area (Å²) in [4.78, 5) is 25.6. The highest BCUT2D eigenvalue weighted by Gasteiger charge is 2.29.